The topological polar surface area (TPSA) is 29.3 Å². The predicted molar refractivity (Wildman–Crippen MR) is 61.2 cm³/mol. The molecule has 3 atom stereocenters. The van der Waals surface area contributed by atoms with Crippen molar-refractivity contribution < 1.29 is 0 Å². The van der Waals surface area contributed by atoms with E-state index in [0.29, 0.717) is 12.0 Å². The van der Waals surface area contributed by atoms with E-state index >= 15 is 0 Å². The van der Waals surface area contributed by atoms with Crippen molar-refractivity contribution in [2.24, 2.45) is 11.7 Å². The second-order valence-corrected chi connectivity index (χ2v) is 5.41. The van der Waals surface area contributed by atoms with E-state index in [2.05, 4.69) is 37.4 Å². The summed E-state index contributed by atoms with van der Waals surface area (Å²) in [5, 5.41) is 0. The van der Waals surface area contributed by atoms with E-state index in [1.165, 1.54) is 24.6 Å². The highest BCUT2D eigenvalue weighted by Gasteiger charge is 2.21. The molecule has 0 aliphatic carbocycles. The Balaban J connectivity index is 2.33. The molecule has 3 unspecified atom stereocenters. The van der Waals surface area contributed by atoms with E-state index in [0.717, 1.165) is 6.04 Å². The van der Waals surface area contributed by atoms with Gasteiger partial charge in [-0.1, -0.05) is 6.92 Å². The third-order valence-electron chi connectivity index (χ3n) is 2.93. The molecular weight excluding hydrogens is 180 g/mol. The summed E-state index contributed by atoms with van der Waals surface area (Å²) in [6, 6.07) is 1.06. The van der Waals surface area contributed by atoms with Crippen molar-refractivity contribution in [2.45, 2.75) is 32.9 Å². The number of thioether (sulfide) groups is 1. The maximum Gasteiger partial charge on any atom is 0.0158 e. The van der Waals surface area contributed by atoms with Gasteiger partial charge in [-0.15, -0.1) is 0 Å². The van der Waals surface area contributed by atoms with Crippen LogP contribution in [0.1, 0.15) is 20.8 Å². The van der Waals surface area contributed by atoms with Crippen LogP contribution in [0, 0.1) is 5.92 Å². The first kappa shape index (κ1) is 11.3. The fourth-order valence-electron chi connectivity index (χ4n) is 1.57. The van der Waals surface area contributed by atoms with Crippen molar-refractivity contribution in [3.63, 3.8) is 0 Å². The van der Waals surface area contributed by atoms with Crippen molar-refractivity contribution in [2.75, 3.05) is 24.6 Å². The van der Waals surface area contributed by atoms with E-state index in [-0.39, 0.29) is 0 Å². The molecule has 3 heteroatoms. The fourth-order valence-corrected chi connectivity index (χ4v) is 2.65. The summed E-state index contributed by atoms with van der Waals surface area (Å²) < 4.78 is 0. The first-order valence-corrected chi connectivity index (χ1v) is 6.34. The molecule has 0 bridgehead atoms. The van der Waals surface area contributed by atoms with Crippen LogP contribution in [0.5, 0.6) is 0 Å². The normalized spacial score (nSPS) is 30.0. The Labute approximate surface area is 86.2 Å². The van der Waals surface area contributed by atoms with Gasteiger partial charge in [0.1, 0.15) is 0 Å². The Hall–Kier alpha value is 0.270. The van der Waals surface area contributed by atoms with Gasteiger partial charge in [0, 0.05) is 36.7 Å². The van der Waals surface area contributed by atoms with Crippen molar-refractivity contribution in [3.8, 4) is 0 Å². The van der Waals surface area contributed by atoms with Gasteiger partial charge in [0.15, 0.2) is 0 Å². The maximum absolute atomic E-state index is 5.87. The Morgan fingerprint density at radius 1 is 1.54 bits per heavy atom. The molecule has 0 amide bonds. The zero-order chi connectivity index (χ0) is 9.84. The lowest BCUT2D eigenvalue weighted by molar-refractivity contribution is 0.192. The van der Waals surface area contributed by atoms with E-state index in [1.54, 1.807) is 0 Å². The van der Waals surface area contributed by atoms with Gasteiger partial charge in [-0.2, -0.15) is 11.8 Å². The fraction of sp³-hybridized carbons (Fsp3) is 1.00. The molecule has 13 heavy (non-hydrogen) atoms. The minimum atomic E-state index is 0.321. The van der Waals surface area contributed by atoms with Gasteiger partial charge < -0.3 is 5.73 Å². The molecule has 78 valence electrons. The van der Waals surface area contributed by atoms with Gasteiger partial charge in [-0.05, 0) is 19.8 Å². The Morgan fingerprint density at radius 2 is 2.23 bits per heavy atom. The summed E-state index contributed by atoms with van der Waals surface area (Å²) in [4.78, 5) is 2.57. The second-order valence-electron chi connectivity index (χ2n) is 4.26. The predicted octanol–water partition coefficient (Wildman–Crippen LogP) is 1.41. The van der Waals surface area contributed by atoms with Crippen LogP contribution in [0.3, 0.4) is 0 Å². The van der Waals surface area contributed by atoms with Crippen LogP contribution < -0.4 is 5.73 Å². The van der Waals surface area contributed by atoms with E-state index < -0.39 is 0 Å². The molecule has 1 saturated heterocycles. The minimum absolute atomic E-state index is 0.321. The summed E-state index contributed by atoms with van der Waals surface area (Å²) in [6.45, 7) is 9.08. The van der Waals surface area contributed by atoms with Crippen LogP contribution >= 0.6 is 11.8 Å². The van der Waals surface area contributed by atoms with E-state index in [1.807, 2.05) is 0 Å². The Kier molecular flexibility index (Phi) is 4.56. The molecule has 2 N–H and O–H groups in total. The van der Waals surface area contributed by atoms with Crippen molar-refractivity contribution in [3.05, 3.63) is 0 Å². The lowest BCUT2D eigenvalue weighted by Gasteiger charge is -2.35. The van der Waals surface area contributed by atoms with Gasteiger partial charge in [0.05, 0.1) is 0 Å². The summed E-state index contributed by atoms with van der Waals surface area (Å²) >= 11 is 2.07. The lowest BCUT2D eigenvalue weighted by atomic mass is 10.0. The van der Waals surface area contributed by atoms with Gasteiger partial charge in [-0.3, -0.25) is 4.90 Å². The number of nitrogens with two attached hydrogens (primary N) is 1. The highest BCUT2D eigenvalue weighted by Crippen LogP contribution is 2.17. The van der Waals surface area contributed by atoms with Gasteiger partial charge >= 0.3 is 0 Å². The van der Waals surface area contributed by atoms with E-state index in [4.69, 9.17) is 5.73 Å². The Morgan fingerprint density at radius 3 is 2.77 bits per heavy atom. The van der Waals surface area contributed by atoms with Gasteiger partial charge in [-0.25, -0.2) is 0 Å². The summed E-state index contributed by atoms with van der Waals surface area (Å²) in [6.07, 6.45) is 0. The van der Waals surface area contributed by atoms with Crippen molar-refractivity contribution in [1.82, 2.24) is 4.90 Å². The van der Waals surface area contributed by atoms with Crippen molar-refractivity contribution in [1.29, 1.82) is 0 Å². The molecule has 2 nitrogen and oxygen atoms in total. The lowest BCUT2D eigenvalue weighted by Crippen LogP contribution is -2.45. The third-order valence-corrected chi connectivity index (χ3v) is 4.11. The molecule has 1 aliphatic rings. The average Bonchev–Trinajstić information content (AvgIpc) is 2.08. The van der Waals surface area contributed by atoms with Crippen molar-refractivity contribution >= 4 is 11.8 Å². The number of nitrogens with zero attached hydrogens (tertiary/aromatic N) is 1. The molecule has 0 spiro atoms. The molecule has 1 heterocycles. The third kappa shape index (κ3) is 3.49. The summed E-state index contributed by atoms with van der Waals surface area (Å²) in [5.74, 6) is 3.19. The highest BCUT2D eigenvalue weighted by molar-refractivity contribution is 7.99. The van der Waals surface area contributed by atoms with Crippen LogP contribution in [0.15, 0.2) is 0 Å². The largest absolute Gasteiger partial charge is 0.328 e. The second kappa shape index (κ2) is 5.23. The number of hydrogen-bond donors (Lipinski definition) is 1. The van der Waals surface area contributed by atoms with Gasteiger partial charge in [0.2, 0.25) is 0 Å². The molecule has 0 aromatic carbocycles. The number of hydrogen-bond acceptors (Lipinski definition) is 3. The van der Waals surface area contributed by atoms with Gasteiger partial charge in [0.25, 0.3) is 0 Å². The van der Waals surface area contributed by atoms with Crippen LogP contribution in [-0.4, -0.2) is 41.6 Å². The molecule has 1 aliphatic heterocycles. The van der Waals surface area contributed by atoms with Crippen LogP contribution in [0.2, 0.25) is 0 Å². The molecule has 1 rings (SSSR count). The first-order chi connectivity index (χ1) is 6.11. The maximum atomic E-state index is 5.87. The van der Waals surface area contributed by atoms with Crippen LogP contribution in [-0.2, 0) is 0 Å². The highest BCUT2D eigenvalue weighted by atomic mass is 32.2. The molecular formula is C10H22N2S. The van der Waals surface area contributed by atoms with Crippen LogP contribution in [0.25, 0.3) is 0 Å². The Bertz CT molecular complexity index is 150. The van der Waals surface area contributed by atoms with Crippen LogP contribution in [0.4, 0.5) is 0 Å². The zero-order valence-corrected chi connectivity index (χ0v) is 9.81. The standard InChI is InChI=1S/C10H22N2S/c1-8(10(3)11)6-12-4-5-13-7-9(12)2/h8-10H,4-7,11H2,1-3H3. The molecule has 1 fully saturated rings. The molecule has 0 aromatic rings. The average molecular weight is 202 g/mol. The van der Waals surface area contributed by atoms with E-state index in [9.17, 15) is 0 Å². The monoisotopic (exact) mass is 202 g/mol. The summed E-state index contributed by atoms with van der Waals surface area (Å²) in [7, 11) is 0. The molecule has 0 aromatic heterocycles. The smallest absolute Gasteiger partial charge is 0.0158 e. The number of rotatable bonds is 3. The first-order valence-electron chi connectivity index (χ1n) is 5.18. The molecule has 0 saturated carbocycles. The SMILES string of the molecule is CC(N)C(C)CN1CCSCC1C. The zero-order valence-electron chi connectivity index (χ0n) is 8.99. The molecule has 0 radical (unpaired) electrons. The summed E-state index contributed by atoms with van der Waals surface area (Å²) in [5.41, 5.74) is 5.87. The minimum Gasteiger partial charge on any atom is -0.328 e. The quantitative estimate of drug-likeness (QED) is 0.750.